The topological polar surface area (TPSA) is 196 Å². The van der Waals surface area contributed by atoms with Crippen LogP contribution in [0.25, 0.3) is 0 Å². The van der Waals surface area contributed by atoms with Crippen molar-refractivity contribution in [3.05, 3.63) is 20.2 Å². The van der Waals surface area contributed by atoms with Crippen LogP contribution in [0.4, 0.5) is 4.79 Å². The molecule has 202 valence electrons. The molecule has 0 saturated carbocycles. The first-order valence-electron chi connectivity index (χ1n) is 11.2. The molecule has 0 saturated heterocycles. The zero-order valence-electron chi connectivity index (χ0n) is 20.4. The summed E-state index contributed by atoms with van der Waals surface area (Å²) >= 11 is 0. The van der Waals surface area contributed by atoms with Crippen LogP contribution in [0, 0.1) is 20.2 Å². The van der Waals surface area contributed by atoms with E-state index < -0.39 is 39.8 Å². The molecule has 0 radical (unpaired) electrons. The molecular formula is C20H35N3O12. The second-order valence-electron chi connectivity index (χ2n) is 8.44. The number of esters is 2. The van der Waals surface area contributed by atoms with Crippen LogP contribution in [0.15, 0.2) is 0 Å². The fraction of sp³-hybridized carbons (Fsp3) is 0.850. The average Bonchev–Trinajstić information content (AvgIpc) is 2.73. The van der Waals surface area contributed by atoms with Gasteiger partial charge in [-0.05, 0) is 46.5 Å². The fourth-order valence-corrected chi connectivity index (χ4v) is 2.51. The minimum absolute atomic E-state index is 0.0536. The van der Waals surface area contributed by atoms with E-state index in [0.717, 1.165) is 0 Å². The Morgan fingerprint density at radius 2 is 1.20 bits per heavy atom. The molecule has 0 aromatic rings. The molecule has 0 aliphatic rings. The predicted molar refractivity (Wildman–Crippen MR) is 118 cm³/mol. The van der Waals surface area contributed by atoms with Gasteiger partial charge in [0, 0.05) is 12.8 Å². The van der Waals surface area contributed by atoms with E-state index in [1.165, 1.54) is 0 Å². The second-order valence-corrected chi connectivity index (χ2v) is 8.44. The summed E-state index contributed by atoms with van der Waals surface area (Å²) in [6.07, 6.45) is 2.11. The maximum Gasteiger partial charge on any atom is 0.408 e. The molecule has 15 heteroatoms. The van der Waals surface area contributed by atoms with E-state index in [-0.39, 0.29) is 39.3 Å². The summed E-state index contributed by atoms with van der Waals surface area (Å²) in [5.74, 6) is -1.08. The standard InChI is InChI=1S/C20H35N3O12/c1-20(2,3)35-19(26)21-16(14-31-17(24)10-6-4-8-12-33-22(27)28)15-32-18(25)11-7-5-9-13-34-23(29)30/h16H,4-15H2,1-3H3,(H,21,26). The molecule has 1 N–H and O–H groups in total. The molecule has 0 bridgehead atoms. The van der Waals surface area contributed by atoms with E-state index in [1.54, 1.807) is 20.8 Å². The van der Waals surface area contributed by atoms with Crippen LogP contribution in [-0.2, 0) is 33.5 Å². The summed E-state index contributed by atoms with van der Waals surface area (Å²) in [4.78, 5) is 64.4. The minimum atomic E-state index is -0.881. The van der Waals surface area contributed by atoms with Gasteiger partial charge < -0.3 is 29.2 Å². The third-order valence-corrected chi connectivity index (χ3v) is 4.06. The largest absolute Gasteiger partial charge is 0.463 e. The first-order chi connectivity index (χ1) is 16.4. The number of amides is 1. The Balaban J connectivity index is 4.41. The molecular weight excluding hydrogens is 474 g/mol. The number of nitrogens with one attached hydrogen (secondary N) is 1. The SMILES string of the molecule is CC(C)(C)OC(=O)NC(COC(=O)CCCCCO[N+](=O)[O-])COC(=O)CCCCCO[N+](=O)[O-]. The highest BCUT2D eigenvalue weighted by atomic mass is 17.0. The van der Waals surface area contributed by atoms with Gasteiger partial charge in [0.25, 0.3) is 10.2 Å². The second kappa shape index (κ2) is 18.0. The Bertz CT molecular complexity index is 639. The van der Waals surface area contributed by atoms with Crippen LogP contribution in [0.5, 0.6) is 0 Å². The monoisotopic (exact) mass is 509 g/mol. The van der Waals surface area contributed by atoms with Gasteiger partial charge in [-0.1, -0.05) is 12.8 Å². The number of unbranched alkanes of at least 4 members (excludes halogenated alkanes) is 4. The minimum Gasteiger partial charge on any atom is -0.463 e. The van der Waals surface area contributed by atoms with Gasteiger partial charge in [0.2, 0.25) is 0 Å². The lowest BCUT2D eigenvalue weighted by Gasteiger charge is -2.23. The van der Waals surface area contributed by atoms with Crippen LogP contribution >= 0.6 is 0 Å². The molecule has 0 spiro atoms. The van der Waals surface area contributed by atoms with Crippen molar-refractivity contribution < 1.29 is 48.4 Å². The Morgan fingerprint density at radius 3 is 1.57 bits per heavy atom. The van der Waals surface area contributed by atoms with Crippen molar-refractivity contribution in [1.82, 2.24) is 5.32 Å². The van der Waals surface area contributed by atoms with Crippen molar-refractivity contribution in [3.63, 3.8) is 0 Å². The molecule has 0 aromatic carbocycles. The lowest BCUT2D eigenvalue weighted by molar-refractivity contribution is -0.757. The normalized spacial score (nSPS) is 10.9. The van der Waals surface area contributed by atoms with Crippen LogP contribution in [0.1, 0.15) is 72.1 Å². The van der Waals surface area contributed by atoms with Crippen molar-refractivity contribution in [2.45, 2.75) is 83.8 Å². The van der Waals surface area contributed by atoms with E-state index in [4.69, 9.17) is 14.2 Å². The lowest BCUT2D eigenvalue weighted by Crippen LogP contribution is -2.44. The van der Waals surface area contributed by atoms with Gasteiger partial charge in [-0.2, -0.15) is 0 Å². The molecule has 0 unspecified atom stereocenters. The third-order valence-electron chi connectivity index (χ3n) is 4.06. The first kappa shape index (κ1) is 31.6. The average molecular weight is 510 g/mol. The molecule has 0 fully saturated rings. The van der Waals surface area contributed by atoms with Gasteiger partial charge in [0.05, 0.1) is 13.2 Å². The molecule has 0 rings (SSSR count). The van der Waals surface area contributed by atoms with Crippen molar-refractivity contribution in [3.8, 4) is 0 Å². The zero-order valence-corrected chi connectivity index (χ0v) is 20.4. The number of hydrogen-bond donors (Lipinski definition) is 1. The summed E-state index contributed by atoms with van der Waals surface area (Å²) in [6.45, 7) is 4.41. The van der Waals surface area contributed by atoms with E-state index in [0.29, 0.717) is 38.5 Å². The molecule has 0 aliphatic carbocycles. The number of ether oxygens (including phenoxy) is 3. The highest BCUT2D eigenvalue weighted by Crippen LogP contribution is 2.08. The van der Waals surface area contributed by atoms with Crippen molar-refractivity contribution in [2.24, 2.45) is 0 Å². The van der Waals surface area contributed by atoms with Gasteiger partial charge in [-0.25, -0.2) is 4.79 Å². The summed E-state index contributed by atoms with van der Waals surface area (Å²) < 4.78 is 15.5. The highest BCUT2D eigenvalue weighted by molar-refractivity contribution is 5.71. The van der Waals surface area contributed by atoms with Gasteiger partial charge in [0.1, 0.15) is 24.9 Å². The molecule has 35 heavy (non-hydrogen) atoms. The lowest BCUT2D eigenvalue weighted by atomic mass is 10.2. The Kier molecular flexibility index (Phi) is 16.3. The van der Waals surface area contributed by atoms with Crippen molar-refractivity contribution in [2.75, 3.05) is 26.4 Å². The van der Waals surface area contributed by atoms with Gasteiger partial charge in [0.15, 0.2) is 0 Å². The Labute approximate surface area is 202 Å². The molecule has 0 aliphatic heterocycles. The van der Waals surface area contributed by atoms with Crippen LogP contribution < -0.4 is 5.32 Å². The van der Waals surface area contributed by atoms with Crippen molar-refractivity contribution in [1.29, 1.82) is 0 Å². The van der Waals surface area contributed by atoms with Gasteiger partial charge >= 0.3 is 18.0 Å². The van der Waals surface area contributed by atoms with E-state index in [2.05, 4.69) is 15.0 Å². The number of carbonyl (C=O) groups excluding carboxylic acids is 3. The maximum atomic E-state index is 12.1. The summed E-state index contributed by atoms with van der Waals surface area (Å²) in [7, 11) is 0. The van der Waals surface area contributed by atoms with Gasteiger partial charge in [-0.15, -0.1) is 20.2 Å². The summed E-state index contributed by atoms with van der Waals surface area (Å²) in [5, 5.41) is 20.9. The highest BCUT2D eigenvalue weighted by Gasteiger charge is 2.22. The molecule has 1 amide bonds. The number of rotatable bonds is 19. The number of hydrogen-bond acceptors (Lipinski definition) is 12. The Morgan fingerprint density at radius 1 is 0.771 bits per heavy atom. The summed E-state index contributed by atoms with van der Waals surface area (Å²) in [6, 6.07) is -0.847. The fourth-order valence-electron chi connectivity index (χ4n) is 2.51. The third kappa shape index (κ3) is 22.2. The molecule has 15 nitrogen and oxygen atoms in total. The smallest absolute Gasteiger partial charge is 0.408 e. The van der Waals surface area contributed by atoms with E-state index in [9.17, 15) is 34.6 Å². The van der Waals surface area contributed by atoms with E-state index >= 15 is 0 Å². The predicted octanol–water partition coefficient (Wildman–Crippen LogP) is 2.50. The van der Waals surface area contributed by atoms with E-state index in [1.807, 2.05) is 0 Å². The van der Waals surface area contributed by atoms with Crippen LogP contribution in [0.2, 0.25) is 0 Å². The van der Waals surface area contributed by atoms with Crippen LogP contribution in [-0.4, -0.2) is 66.3 Å². The maximum absolute atomic E-state index is 12.1. The van der Waals surface area contributed by atoms with Crippen molar-refractivity contribution >= 4 is 18.0 Å². The molecule has 0 aromatic heterocycles. The molecule has 0 heterocycles. The number of alkyl carbamates (subject to hydrolysis) is 1. The quantitative estimate of drug-likeness (QED) is 0.0879. The number of carbonyl (C=O) groups is 3. The Hall–Kier alpha value is -3.39. The van der Waals surface area contributed by atoms with Gasteiger partial charge in [-0.3, -0.25) is 9.59 Å². The number of nitrogens with zero attached hydrogens (tertiary/aromatic N) is 2. The zero-order chi connectivity index (χ0) is 26.7. The summed E-state index contributed by atoms with van der Waals surface area (Å²) in [5.41, 5.74) is -0.764. The van der Waals surface area contributed by atoms with Crippen LogP contribution in [0.3, 0.4) is 0 Å². The first-order valence-corrected chi connectivity index (χ1v) is 11.2. The molecule has 0 atom stereocenters.